The maximum absolute atomic E-state index is 13.2. The van der Waals surface area contributed by atoms with Crippen molar-refractivity contribution in [2.24, 2.45) is 0 Å². The number of hydrogen-bond donors (Lipinski definition) is 1. The predicted molar refractivity (Wildman–Crippen MR) is 147 cm³/mol. The number of rotatable bonds is 7. The lowest BCUT2D eigenvalue weighted by molar-refractivity contribution is 0.0578. The quantitative estimate of drug-likeness (QED) is 0.315. The van der Waals surface area contributed by atoms with E-state index in [4.69, 9.17) is 4.74 Å². The number of hydrogen-bond acceptors (Lipinski definition) is 4. The first-order chi connectivity index (χ1) is 17.7. The summed E-state index contributed by atoms with van der Waals surface area (Å²) in [5.74, 6) is -0.202. The summed E-state index contributed by atoms with van der Waals surface area (Å²) < 4.78 is 7.39. The minimum Gasteiger partial charge on any atom is -0.443 e. The number of nitrogens with one attached hydrogen (secondary N) is 1. The molecule has 2 amide bonds. The third-order valence-corrected chi connectivity index (χ3v) is 5.70. The van der Waals surface area contributed by atoms with Crippen molar-refractivity contribution in [2.75, 3.05) is 16.8 Å². The fourth-order valence-electron chi connectivity index (χ4n) is 3.87. The molecule has 190 valence electrons. The Morgan fingerprint density at radius 3 is 2.30 bits per heavy atom. The van der Waals surface area contributed by atoms with Crippen LogP contribution < -0.4 is 10.2 Å². The Kier molecular flexibility index (Phi) is 7.72. The summed E-state index contributed by atoms with van der Waals surface area (Å²) in [6.07, 6.45) is 3.11. The molecule has 1 aromatic heterocycles. The number of amides is 2. The molecule has 0 radical (unpaired) electrons. The molecule has 0 fully saturated rings. The summed E-state index contributed by atoms with van der Waals surface area (Å²) in [5.41, 5.74) is 4.27. The van der Waals surface area contributed by atoms with Crippen molar-refractivity contribution >= 4 is 23.4 Å². The van der Waals surface area contributed by atoms with Crippen LogP contribution in [0.4, 0.5) is 16.2 Å². The molecule has 0 saturated heterocycles. The van der Waals surface area contributed by atoms with Crippen LogP contribution in [0.1, 0.15) is 36.7 Å². The number of ether oxygens (including phenoxy) is 1. The van der Waals surface area contributed by atoms with Crippen molar-refractivity contribution in [1.29, 1.82) is 0 Å². The molecule has 1 heterocycles. The van der Waals surface area contributed by atoms with E-state index < -0.39 is 11.7 Å². The van der Waals surface area contributed by atoms with Crippen LogP contribution in [0.3, 0.4) is 0 Å². The van der Waals surface area contributed by atoms with Crippen LogP contribution in [0.5, 0.6) is 0 Å². The van der Waals surface area contributed by atoms with Gasteiger partial charge in [0.1, 0.15) is 5.60 Å². The van der Waals surface area contributed by atoms with Crippen LogP contribution in [-0.2, 0) is 11.3 Å². The summed E-state index contributed by atoms with van der Waals surface area (Å²) in [6.45, 7) is 8.44. The Labute approximate surface area is 217 Å². The van der Waals surface area contributed by atoms with Gasteiger partial charge in [-0.1, -0.05) is 48.0 Å². The lowest BCUT2D eigenvalue weighted by Gasteiger charge is -2.27. The number of carbonyl (C=O) groups is 2. The number of aryl methyl sites for hydroxylation is 1. The molecule has 0 bridgehead atoms. The summed E-state index contributed by atoms with van der Waals surface area (Å²) in [5, 5.41) is 7.19. The van der Waals surface area contributed by atoms with Gasteiger partial charge in [-0.2, -0.15) is 5.10 Å². The average Bonchev–Trinajstić information content (AvgIpc) is 3.38. The highest BCUT2D eigenvalue weighted by Gasteiger charge is 2.23. The molecule has 37 heavy (non-hydrogen) atoms. The van der Waals surface area contributed by atoms with Crippen molar-refractivity contribution in [3.05, 3.63) is 102 Å². The number of anilines is 2. The largest absolute Gasteiger partial charge is 0.443 e. The van der Waals surface area contributed by atoms with Gasteiger partial charge in [0.05, 0.1) is 6.54 Å². The first-order valence-electron chi connectivity index (χ1n) is 12.2. The van der Waals surface area contributed by atoms with E-state index >= 15 is 0 Å². The zero-order valence-corrected chi connectivity index (χ0v) is 21.6. The third kappa shape index (κ3) is 6.85. The van der Waals surface area contributed by atoms with Crippen molar-refractivity contribution < 1.29 is 14.3 Å². The van der Waals surface area contributed by atoms with E-state index in [9.17, 15) is 9.59 Å². The minimum atomic E-state index is -0.625. The molecule has 0 atom stereocenters. The Morgan fingerprint density at radius 2 is 1.65 bits per heavy atom. The number of benzene rings is 3. The molecule has 0 aliphatic heterocycles. The molecule has 3 aromatic carbocycles. The van der Waals surface area contributed by atoms with Gasteiger partial charge in [0, 0.05) is 35.9 Å². The second-order valence-electron chi connectivity index (χ2n) is 9.81. The van der Waals surface area contributed by atoms with E-state index in [0.717, 1.165) is 16.7 Å². The van der Waals surface area contributed by atoms with Crippen LogP contribution in [0.15, 0.2) is 91.3 Å². The van der Waals surface area contributed by atoms with Gasteiger partial charge in [-0.15, -0.1) is 0 Å². The van der Waals surface area contributed by atoms with Gasteiger partial charge in [0.2, 0.25) is 0 Å². The molecule has 0 aliphatic carbocycles. The summed E-state index contributed by atoms with van der Waals surface area (Å²) in [6, 6.07) is 24.7. The summed E-state index contributed by atoms with van der Waals surface area (Å²) in [4.78, 5) is 27.7. The van der Waals surface area contributed by atoms with E-state index in [1.54, 1.807) is 40.0 Å². The first-order valence-corrected chi connectivity index (χ1v) is 12.2. The molecular weight excluding hydrogens is 464 g/mol. The SMILES string of the molecule is Cc1ccc(-c2ccccc2C(=O)Nc2ccc(N(CCn3cccn3)C(=O)OC(C)(C)C)cc2)cc1. The van der Waals surface area contributed by atoms with Gasteiger partial charge in [-0.25, -0.2) is 4.79 Å². The van der Waals surface area contributed by atoms with E-state index in [-0.39, 0.29) is 5.91 Å². The smallest absolute Gasteiger partial charge is 0.414 e. The predicted octanol–water partition coefficient (Wildman–Crippen LogP) is 6.55. The molecular formula is C30H32N4O3. The van der Waals surface area contributed by atoms with E-state index in [0.29, 0.717) is 30.0 Å². The molecule has 0 saturated carbocycles. The molecule has 0 aliphatic rings. The highest BCUT2D eigenvalue weighted by molar-refractivity contribution is 6.08. The minimum absolute atomic E-state index is 0.202. The van der Waals surface area contributed by atoms with Crippen LogP contribution in [-0.4, -0.2) is 33.9 Å². The van der Waals surface area contributed by atoms with Crippen molar-refractivity contribution in [2.45, 2.75) is 39.8 Å². The number of carbonyl (C=O) groups excluding carboxylic acids is 2. The van der Waals surface area contributed by atoms with Gasteiger partial charge >= 0.3 is 6.09 Å². The Morgan fingerprint density at radius 1 is 0.946 bits per heavy atom. The van der Waals surface area contributed by atoms with Gasteiger partial charge < -0.3 is 10.1 Å². The van der Waals surface area contributed by atoms with Crippen molar-refractivity contribution in [3.8, 4) is 11.1 Å². The first kappa shape index (κ1) is 25.7. The monoisotopic (exact) mass is 496 g/mol. The summed E-state index contributed by atoms with van der Waals surface area (Å²) >= 11 is 0. The van der Waals surface area contributed by atoms with Gasteiger partial charge in [-0.3, -0.25) is 14.4 Å². The normalized spacial score (nSPS) is 11.1. The van der Waals surface area contributed by atoms with Crippen LogP contribution in [0.25, 0.3) is 11.1 Å². The van der Waals surface area contributed by atoms with Crippen molar-refractivity contribution in [3.63, 3.8) is 0 Å². The molecule has 0 unspecified atom stereocenters. The second kappa shape index (κ2) is 11.1. The lowest BCUT2D eigenvalue weighted by Crippen LogP contribution is -2.38. The van der Waals surface area contributed by atoms with Crippen molar-refractivity contribution in [1.82, 2.24) is 9.78 Å². The standard InChI is InChI=1S/C30H32N4O3/c1-22-10-12-23(13-11-22)26-8-5-6-9-27(26)28(35)32-24-14-16-25(17-15-24)34(29(36)37-30(2,3)4)21-20-33-19-7-18-31-33/h5-19H,20-21H2,1-4H3,(H,32,35). The number of aromatic nitrogens is 2. The van der Waals surface area contributed by atoms with E-state index in [1.165, 1.54) is 0 Å². The van der Waals surface area contributed by atoms with Gasteiger partial charge in [-0.05, 0) is 75.2 Å². The fraction of sp³-hybridized carbons (Fsp3) is 0.233. The molecule has 4 rings (SSSR count). The number of nitrogens with zero attached hydrogens (tertiary/aromatic N) is 3. The molecule has 1 N–H and O–H groups in total. The van der Waals surface area contributed by atoms with Crippen LogP contribution >= 0.6 is 0 Å². The fourth-order valence-corrected chi connectivity index (χ4v) is 3.87. The highest BCUT2D eigenvalue weighted by atomic mass is 16.6. The molecule has 4 aromatic rings. The van der Waals surface area contributed by atoms with Crippen LogP contribution in [0.2, 0.25) is 0 Å². The van der Waals surface area contributed by atoms with E-state index in [1.807, 2.05) is 88.5 Å². The Balaban J connectivity index is 1.51. The molecule has 7 heteroatoms. The van der Waals surface area contributed by atoms with Gasteiger partial charge in [0.25, 0.3) is 5.91 Å². The highest BCUT2D eigenvalue weighted by Crippen LogP contribution is 2.26. The lowest BCUT2D eigenvalue weighted by atomic mass is 9.98. The van der Waals surface area contributed by atoms with Gasteiger partial charge in [0.15, 0.2) is 0 Å². The third-order valence-electron chi connectivity index (χ3n) is 5.70. The second-order valence-corrected chi connectivity index (χ2v) is 9.81. The zero-order chi connectivity index (χ0) is 26.4. The average molecular weight is 497 g/mol. The molecule has 0 spiro atoms. The summed E-state index contributed by atoms with van der Waals surface area (Å²) in [7, 11) is 0. The zero-order valence-electron chi connectivity index (χ0n) is 21.6. The maximum Gasteiger partial charge on any atom is 0.414 e. The maximum atomic E-state index is 13.2. The Hall–Kier alpha value is -4.39. The van der Waals surface area contributed by atoms with E-state index in [2.05, 4.69) is 10.4 Å². The van der Waals surface area contributed by atoms with Crippen LogP contribution in [0, 0.1) is 6.92 Å². The topological polar surface area (TPSA) is 76.5 Å². The molecule has 7 nitrogen and oxygen atoms in total. The Bertz CT molecular complexity index is 1340.